The lowest BCUT2D eigenvalue weighted by molar-refractivity contribution is -0.159. The van der Waals surface area contributed by atoms with Crippen molar-refractivity contribution in [3.05, 3.63) is 54.1 Å². The van der Waals surface area contributed by atoms with Crippen LogP contribution in [0.3, 0.4) is 0 Å². The number of ether oxygens (including phenoxy) is 1. The average Bonchev–Trinajstić information content (AvgIpc) is 3.02. The maximum Gasteiger partial charge on any atom is 0.249 e. The molecule has 1 aliphatic rings. The first kappa shape index (κ1) is 17.2. The lowest BCUT2D eigenvalue weighted by Gasteiger charge is -2.36. The normalized spacial score (nSPS) is 17.6. The lowest BCUT2D eigenvalue weighted by Crippen LogP contribution is -2.56. The number of rotatable bonds is 5. The molecule has 0 unspecified atom stereocenters. The molecule has 7 heteroatoms. The third-order valence-corrected chi connectivity index (χ3v) is 4.35. The first-order chi connectivity index (χ1) is 12.1. The van der Waals surface area contributed by atoms with Gasteiger partial charge in [-0.05, 0) is 5.56 Å². The van der Waals surface area contributed by atoms with Gasteiger partial charge in [0, 0.05) is 33.0 Å². The van der Waals surface area contributed by atoms with Gasteiger partial charge in [0.25, 0.3) is 0 Å². The van der Waals surface area contributed by atoms with Gasteiger partial charge in [-0.2, -0.15) is 0 Å². The molecular formula is C18H22N4O3. The zero-order chi connectivity index (χ0) is 17.8. The molecule has 0 saturated carbocycles. The number of likely N-dealkylation sites (N-methyl/N-ethyl adjacent to an activating group) is 1. The van der Waals surface area contributed by atoms with Crippen LogP contribution in [0, 0.1) is 0 Å². The highest BCUT2D eigenvalue weighted by molar-refractivity contribution is 5.89. The van der Waals surface area contributed by atoms with Crippen LogP contribution >= 0.6 is 0 Å². The number of aromatic nitrogens is 2. The van der Waals surface area contributed by atoms with E-state index in [-0.39, 0.29) is 25.0 Å². The molecule has 3 rings (SSSR count). The van der Waals surface area contributed by atoms with Crippen molar-refractivity contribution in [3.8, 4) is 0 Å². The fourth-order valence-electron chi connectivity index (χ4n) is 2.88. The second-order valence-electron chi connectivity index (χ2n) is 6.19. The smallest absolute Gasteiger partial charge is 0.249 e. The Kier molecular flexibility index (Phi) is 5.14. The number of morpholine rings is 1. The molecule has 0 radical (unpaired) electrons. The van der Waals surface area contributed by atoms with Crippen molar-refractivity contribution in [3.63, 3.8) is 0 Å². The van der Waals surface area contributed by atoms with E-state index in [1.54, 1.807) is 23.0 Å². The van der Waals surface area contributed by atoms with Crippen molar-refractivity contribution in [1.82, 2.24) is 19.4 Å². The molecule has 1 aromatic heterocycles. The van der Waals surface area contributed by atoms with Crippen LogP contribution in [0.15, 0.2) is 42.7 Å². The van der Waals surface area contributed by atoms with E-state index in [9.17, 15) is 9.59 Å². The zero-order valence-electron chi connectivity index (χ0n) is 14.5. The summed E-state index contributed by atoms with van der Waals surface area (Å²) >= 11 is 0. The van der Waals surface area contributed by atoms with Gasteiger partial charge in [0.1, 0.15) is 18.5 Å². The SMILES string of the molecule is CN(Cc1nccn1C)C(=O)[C@@H]1COCC(=O)N1Cc1ccccc1. The molecule has 2 amide bonds. The Morgan fingerprint density at radius 2 is 2.12 bits per heavy atom. The van der Waals surface area contributed by atoms with Gasteiger partial charge in [-0.15, -0.1) is 0 Å². The second kappa shape index (κ2) is 7.48. The van der Waals surface area contributed by atoms with E-state index in [1.807, 2.05) is 48.1 Å². The van der Waals surface area contributed by atoms with Crippen LogP contribution in [0.2, 0.25) is 0 Å². The molecule has 0 aliphatic carbocycles. The molecular weight excluding hydrogens is 320 g/mol. The van der Waals surface area contributed by atoms with Crippen LogP contribution in [0.5, 0.6) is 0 Å². The molecule has 0 spiro atoms. The quantitative estimate of drug-likeness (QED) is 0.806. The number of benzene rings is 1. The number of carbonyl (C=O) groups excluding carboxylic acids is 2. The number of imidazole rings is 1. The molecule has 1 aromatic carbocycles. The third-order valence-electron chi connectivity index (χ3n) is 4.35. The van der Waals surface area contributed by atoms with Gasteiger partial charge in [-0.1, -0.05) is 30.3 Å². The molecule has 1 aliphatic heterocycles. The maximum absolute atomic E-state index is 12.9. The molecule has 7 nitrogen and oxygen atoms in total. The van der Waals surface area contributed by atoms with E-state index in [4.69, 9.17) is 4.74 Å². The second-order valence-corrected chi connectivity index (χ2v) is 6.19. The Balaban J connectivity index is 1.73. The number of hydrogen-bond acceptors (Lipinski definition) is 4. The fraction of sp³-hybridized carbons (Fsp3) is 0.389. The summed E-state index contributed by atoms with van der Waals surface area (Å²) in [7, 11) is 3.60. The molecule has 1 atom stereocenters. The maximum atomic E-state index is 12.9. The molecule has 25 heavy (non-hydrogen) atoms. The molecule has 1 saturated heterocycles. The van der Waals surface area contributed by atoms with Gasteiger partial charge in [0.15, 0.2) is 0 Å². The Morgan fingerprint density at radius 1 is 1.36 bits per heavy atom. The van der Waals surface area contributed by atoms with Gasteiger partial charge in [-0.25, -0.2) is 4.98 Å². The van der Waals surface area contributed by atoms with E-state index in [0.29, 0.717) is 13.1 Å². The predicted molar refractivity (Wildman–Crippen MR) is 91.3 cm³/mol. The highest BCUT2D eigenvalue weighted by atomic mass is 16.5. The van der Waals surface area contributed by atoms with E-state index in [0.717, 1.165) is 11.4 Å². The predicted octanol–water partition coefficient (Wildman–Crippen LogP) is 0.806. The van der Waals surface area contributed by atoms with Crippen molar-refractivity contribution >= 4 is 11.8 Å². The summed E-state index contributed by atoms with van der Waals surface area (Å²) in [6.07, 6.45) is 3.53. The Hall–Kier alpha value is -2.67. The van der Waals surface area contributed by atoms with Gasteiger partial charge < -0.3 is 19.1 Å². The summed E-state index contributed by atoms with van der Waals surface area (Å²) < 4.78 is 7.20. The Bertz CT molecular complexity index is 744. The van der Waals surface area contributed by atoms with E-state index >= 15 is 0 Å². The van der Waals surface area contributed by atoms with Crippen molar-refractivity contribution in [2.75, 3.05) is 20.3 Å². The van der Waals surface area contributed by atoms with E-state index in [1.165, 1.54) is 0 Å². The van der Waals surface area contributed by atoms with E-state index in [2.05, 4.69) is 4.98 Å². The molecule has 2 aromatic rings. The number of carbonyl (C=O) groups is 2. The Labute approximate surface area is 146 Å². The van der Waals surface area contributed by atoms with Crippen LogP contribution in [0.1, 0.15) is 11.4 Å². The van der Waals surface area contributed by atoms with Gasteiger partial charge in [-0.3, -0.25) is 9.59 Å². The standard InChI is InChI=1S/C18H22N4O3/c1-20-9-8-19-16(20)11-21(2)18(24)15-12-25-13-17(23)22(15)10-14-6-4-3-5-7-14/h3-9,15H,10-13H2,1-2H3/t15-/m0/s1. The number of amides is 2. The summed E-state index contributed by atoms with van der Waals surface area (Å²) in [6, 6.07) is 9.04. The van der Waals surface area contributed by atoms with Gasteiger partial charge in [0.2, 0.25) is 11.8 Å². The fourth-order valence-corrected chi connectivity index (χ4v) is 2.88. The summed E-state index contributed by atoms with van der Waals surface area (Å²) in [5.41, 5.74) is 0.988. The van der Waals surface area contributed by atoms with Crippen LogP contribution in [0.4, 0.5) is 0 Å². The lowest BCUT2D eigenvalue weighted by atomic mass is 10.1. The van der Waals surface area contributed by atoms with E-state index < -0.39 is 6.04 Å². The first-order valence-electron chi connectivity index (χ1n) is 8.18. The minimum atomic E-state index is -0.619. The summed E-state index contributed by atoms with van der Waals surface area (Å²) in [4.78, 5) is 32.7. The molecule has 0 N–H and O–H groups in total. The average molecular weight is 342 g/mol. The van der Waals surface area contributed by atoms with Crippen LogP contribution < -0.4 is 0 Å². The Morgan fingerprint density at radius 3 is 2.80 bits per heavy atom. The minimum absolute atomic E-state index is 0.0136. The molecule has 2 heterocycles. The topological polar surface area (TPSA) is 67.7 Å². The van der Waals surface area contributed by atoms with Crippen LogP contribution in [-0.2, 0) is 34.5 Å². The number of nitrogens with zero attached hydrogens (tertiary/aromatic N) is 4. The zero-order valence-corrected chi connectivity index (χ0v) is 14.5. The van der Waals surface area contributed by atoms with Crippen LogP contribution in [0.25, 0.3) is 0 Å². The minimum Gasteiger partial charge on any atom is -0.369 e. The van der Waals surface area contributed by atoms with Crippen LogP contribution in [-0.4, -0.2) is 57.5 Å². The van der Waals surface area contributed by atoms with Gasteiger partial charge >= 0.3 is 0 Å². The van der Waals surface area contributed by atoms with Crippen molar-refractivity contribution in [1.29, 1.82) is 0 Å². The first-order valence-corrected chi connectivity index (χ1v) is 8.18. The largest absolute Gasteiger partial charge is 0.369 e. The number of hydrogen-bond donors (Lipinski definition) is 0. The third kappa shape index (κ3) is 3.88. The molecule has 1 fully saturated rings. The number of aryl methyl sites for hydroxylation is 1. The molecule has 0 bridgehead atoms. The summed E-state index contributed by atoms with van der Waals surface area (Å²) in [5.74, 6) is 0.472. The molecule has 132 valence electrons. The highest BCUT2D eigenvalue weighted by Gasteiger charge is 2.35. The monoisotopic (exact) mass is 342 g/mol. The van der Waals surface area contributed by atoms with Crippen molar-refractivity contribution in [2.45, 2.75) is 19.1 Å². The summed E-state index contributed by atoms with van der Waals surface area (Å²) in [5, 5.41) is 0. The van der Waals surface area contributed by atoms with Gasteiger partial charge in [0.05, 0.1) is 13.2 Å². The highest BCUT2D eigenvalue weighted by Crippen LogP contribution is 2.16. The summed E-state index contributed by atoms with van der Waals surface area (Å²) in [6.45, 7) is 1.00. The van der Waals surface area contributed by atoms with Crippen molar-refractivity contribution < 1.29 is 14.3 Å². The van der Waals surface area contributed by atoms with Crippen molar-refractivity contribution in [2.24, 2.45) is 7.05 Å².